The van der Waals surface area contributed by atoms with Crippen LogP contribution in [0.15, 0.2) is 41.0 Å². The van der Waals surface area contributed by atoms with Crippen LogP contribution in [-0.2, 0) is 6.54 Å². The van der Waals surface area contributed by atoms with E-state index in [-0.39, 0.29) is 11.1 Å². The maximum atomic E-state index is 13.7. The fourth-order valence-corrected chi connectivity index (χ4v) is 2.78. The molecule has 0 bridgehead atoms. The Bertz CT molecular complexity index is 598. The minimum absolute atomic E-state index is 0.0330. The van der Waals surface area contributed by atoms with Crippen LogP contribution in [0.4, 0.5) is 4.39 Å². The standard InChI is InChI=1S/C16H18ClFN2O/c17-14-6-3-11(8-15(14)18)16(9-19)20(12-4-5-12)10-13-2-1-7-21-13/h1-3,6-8,12,16H,4-5,9-10,19H2. The molecule has 1 atom stereocenters. The molecule has 1 aromatic heterocycles. The first kappa shape index (κ1) is 14.6. The van der Waals surface area contributed by atoms with Crippen molar-refractivity contribution in [2.24, 2.45) is 5.73 Å². The number of hydrogen-bond acceptors (Lipinski definition) is 3. The zero-order chi connectivity index (χ0) is 14.8. The molecule has 112 valence electrons. The predicted molar refractivity (Wildman–Crippen MR) is 80.5 cm³/mol. The molecular weight excluding hydrogens is 291 g/mol. The smallest absolute Gasteiger partial charge is 0.142 e. The van der Waals surface area contributed by atoms with Gasteiger partial charge in [0.05, 0.1) is 17.8 Å². The summed E-state index contributed by atoms with van der Waals surface area (Å²) in [5, 5.41) is 0.138. The Morgan fingerprint density at radius 2 is 2.19 bits per heavy atom. The third-order valence-corrected chi connectivity index (χ3v) is 4.19. The molecule has 2 N–H and O–H groups in total. The van der Waals surface area contributed by atoms with Crippen LogP contribution in [0.2, 0.25) is 5.02 Å². The van der Waals surface area contributed by atoms with Crippen molar-refractivity contribution < 1.29 is 8.81 Å². The summed E-state index contributed by atoms with van der Waals surface area (Å²) in [5.74, 6) is 0.496. The summed E-state index contributed by atoms with van der Waals surface area (Å²) < 4.78 is 19.2. The zero-order valence-electron chi connectivity index (χ0n) is 11.6. The Labute approximate surface area is 128 Å². The maximum Gasteiger partial charge on any atom is 0.142 e. The molecule has 1 saturated carbocycles. The normalized spacial score (nSPS) is 16.4. The topological polar surface area (TPSA) is 42.4 Å². The molecule has 0 amide bonds. The van der Waals surface area contributed by atoms with Crippen LogP contribution in [0.3, 0.4) is 0 Å². The lowest BCUT2D eigenvalue weighted by Crippen LogP contribution is -2.35. The molecule has 1 aromatic carbocycles. The van der Waals surface area contributed by atoms with Crippen LogP contribution in [0, 0.1) is 5.82 Å². The van der Waals surface area contributed by atoms with Crippen molar-refractivity contribution in [3.8, 4) is 0 Å². The highest BCUT2D eigenvalue weighted by Crippen LogP contribution is 2.36. The quantitative estimate of drug-likeness (QED) is 0.884. The van der Waals surface area contributed by atoms with Crippen molar-refractivity contribution in [2.75, 3.05) is 6.54 Å². The molecule has 1 fully saturated rings. The van der Waals surface area contributed by atoms with E-state index in [0.717, 1.165) is 24.2 Å². The summed E-state index contributed by atoms with van der Waals surface area (Å²) in [6, 6.07) is 9.20. The molecule has 1 unspecified atom stereocenters. The molecule has 1 aliphatic rings. The number of halogens is 2. The number of furan rings is 1. The van der Waals surface area contributed by atoms with Crippen molar-refractivity contribution in [2.45, 2.75) is 31.5 Å². The van der Waals surface area contributed by atoms with Gasteiger partial charge in [-0.1, -0.05) is 17.7 Å². The van der Waals surface area contributed by atoms with E-state index in [4.69, 9.17) is 21.8 Å². The van der Waals surface area contributed by atoms with E-state index < -0.39 is 5.82 Å². The van der Waals surface area contributed by atoms with E-state index in [9.17, 15) is 4.39 Å². The molecule has 1 heterocycles. The number of nitrogens with two attached hydrogens (primary N) is 1. The Morgan fingerprint density at radius 3 is 2.76 bits per heavy atom. The summed E-state index contributed by atoms with van der Waals surface area (Å²) in [4.78, 5) is 2.29. The van der Waals surface area contributed by atoms with Crippen LogP contribution in [0.1, 0.15) is 30.2 Å². The highest BCUT2D eigenvalue weighted by molar-refractivity contribution is 6.30. The van der Waals surface area contributed by atoms with Gasteiger partial charge in [-0.15, -0.1) is 0 Å². The second-order valence-electron chi connectivity index (χ2n) is 5.41. The molecular formula is C16H18ClFN2O. The average Bonchev–Trinajstić information content (AvgIpc) is 3.20. The minimum Gasteiger partial charge on any atom is -0.468 e. The van der Waals surface area contributed by atoms with Gasteiger partial charge in [-0.25, -0.2) is 4.39 Å². The van der Waals surface area contributed by atoms with Crippen LogP contribution in [-0.4, -0.2) is 17.5 Å². The molecule has 0 spiro atoms. The molecule has 5 heteroatoms. The Kier molecular flexibility index (Phi) is 4.29. The Morgan fingerprint density at radius 1 is 1.38 bits per heavy atom. The third-order valence-electron chi connectivity index (χ3n) is 3.89. The molecule has 3 nitrogen and oxygen atoms in total. The average molecular weight is 309 g/mol. The van der Waals surface area contributed by atoms with E-state index in [1.807, 2.05) is 18.2 Å². The molecule has 3 rings (SSSR count). The molecule has 1 aliphatic carbocycles. The molecule has 0 saturated heterocycles. The van der Waals surface area contributed by atoms with E-state index in [0.29, 0.717) is 19.1 Å². The van der Waals surface area contributed by atoms with Gasteiger partial charge < -0.3 is 10.2 Å². The molecule has 2 aromatic rings. The first-order valence-corrected chi connectivity index (χ1v) is 7.50. The predicted octanol–water partition coefficient (Wildman–Crippen LogP) is 3.74. The fourth-order valence-electron chi connectivity index (χ4n) is 2.67. The van der Waals surface area contributed by atoms with Crippen molar-refractivity contribution in [1.82, 2.24) is 4.90 Å². The van der Waals surface area contributed by atoms with Crippen LogP contribution in [0.25, 0.3) is 0 Å². The minimum atomic E-state index is -0.402. The van der Waals surface area contributed by atoms with Gasteiger partial charge in [-0.2, -0.15) is 0 Å². The third kappa shape index (κ3) is 3.28. The summed E-state index contributed by atoms with van der Waals surface area (Å²) in [7, 11) is 0. The van der Waals surface area contributed by atoms with Gasteiger partial charge in [0.1, 0.15) is 11.6 Å². The summed E-state index contributed by atoms with van der Waals surface area (Å²) >= 11 is 5.76. The van der Waals surface area contributed by atoms with Gasteiger partial charge in [0.15, 0.2) is 0 Å². The molecule has 0 radical (unpaired) electrons. The van der Waals surface area contributed by atoms with Gasteiger partial charge in [0.2, 0.25) is 0 Å². The van der Waals surface area contributed by atoms with Crippen LogP contribution >= 0.6 is 11.6 Å². The fraction of sp³-hybridized carbons (Fsp3) is 0.375. The van der Waals surface area contributed by atoms with Crippen molar-refractivity contribution in [1.29, 1.82) is 0 Å². The summed E-state index contributed by atoms with van der Waals surface area (Å²) in [5.41, 5.74) is 6.82. The lowest BCUT2D eigenvalue weighted by atomic mass is 10.0. The highest BCUT2D eigenvalue weighted by atomic mass is 35.5. The second-order valence-corrected chi connectivity index (χ2v) is 5.82. The summed E-state index contributed by atoms with van der Waals surface area (Å²) in [6.45, 7) is 1.11. The van der Waals surface area contributed by atoms with Crippen LogP contribution < -0.4 is 5.73 Å². The monoisotopic (exact) mass is 308 g/mol. The van der Waals surface area contributed by atoms with Crippen molar-refractivity contribution in [3.05, 3.63) is 58.8 Å². The van der Waals surface area contributed by atoms with E-state index >= 15 is 0 Å². The van der Waals surface area contributed by atoms with E-state index in [1.54, 1.807) is 12.3 Å². The van der Waals surface area contributed by atoms with E-state index in [1.165, 1.54) is 6.07 Å². The maximum absolute atomic E-state index is 13.7. The van der Waals surface area contributed by atoms with Gasteiger partial charge in [0, 0.05) is 18.6 Å². The van der Waals surface area contributed by atoms with E-state index in [2.05, 4.69) is 4.90 Å². The second kappa shape index (κ2) is 6.18. The zero-order valence-corrected chi connectivity index (χ0v) is 12.4. The first-order valence-electron chi connectivity index (χ1n) is 7.12. The highest BCUT2D eigenvalue weighted by Gasteiger charge is 2.34. The summed E-state index contributed by atoms with van der Waals surface area (Å²) in [6.07, 6.45) is 3.96. The number of rotatable bonds is 6. The van der Waals surface area contributed by atoms with Gasteiger partial charge in [-0.05, 0) is 42.7 Å². The van der Waals surface area contributed by atoms with Gasteiger partial charge in [0.25, 0.3) is 0 Å². The molecule has 0 aliphatic heterocycles. The van der Waals surface area contributed by atoms with Crippen molar-refractivity contribution >= 4 is 11.6 Å². The SMILES string of the molecule is NCC(c1ccc(Cl)c(F)c1)N(Cc1ccco1)C1CC1. The largest absolute Gasteiger partial charge is 0.468 e. The van der Waals surface area contributed by atoms with Gasteiger partial charge >= 0.3 is 0 Å². The number of benzene rings is 1. The lowest BCUT2D eigenvalue weighted by molar-refractivity contribution is 0.167. The number of hydrogen-bond donors (Lipinski definition) is 1. The molecule has 21 heavy (non-hydrogen) atoms. The van der Waals surface area contributed by atoms with Crippen molar-refractivity contribution in [3.63, 3.8) is 0 Å². The Hall–Kier alpha value is -1.36. The van der Waals surface area contributed by atoms with Crippen LogP contribution in [0.5, 0.6) is 0 Å². The lowest BCUT2D eigenvalue weighted by Gasteiger charge is -2.30. The number of nitrogens with zero attached hydrogens (tertiary/aromatic N) is 1. The first-order chi connectivity index (χ1) is 10.2. The Balaban J connectivity index is 1.86. The van der Waals surface area contributed by atoms with Gasteiger partial charge in [-0.3, -0.25) is 4.90 Å².